The molecule has 5 heteroatoms. The van der Waals surface area contributed by atoms with Crippen molar-refractivity contribution >= 4 is 17.6 Å². The zero-order chi connectivity index (χ0) is 16.4. The number of methoxy groups -OCH3 is 1. The van der Waals surface area contributed by atoms with Gasteiger partial charge in [-0.15, -0.1) is 0 Å². The molecule has 1 N–H and O–H groups in total. The quantitative estimate of drug-likeness (QED) is 0.854. The molecule has 0 aromatic heterocycles. The van der Waals surface area contributed by atoms with E-state index in [4.69, 9.17) is 21.1 Å². The van der Waals surface area contributed by atoms with Crippen LogP contribution in [0, 0.1) is 0 Å². The number of halogens is 1. The van der Waals surface area contributed by atoms with Crippen LogP contribution in [0.3, 0.4) is 0 Å². The number of hydrogen-bond acceptors (Lipinski definition) is 3. The lowest BCUT2D eigenvalue weighted by Crippen LogP contribution is -2.33. The van der Waals surface area contributed by atoms with Crippen molar-refractivity contribution in [2.45, 2.75) is 62.9 Å². The molecule has 1 aromatic rings. The van der Waals surface area contributed by atoms with Crippen molar-refractivity contribution < 1.29 is 19.4 Å². The maximum Gasteiger partial charge on any atom is 0.314 e. The summed E-state index contributed by atoms with van der Waals surface area (Å²) in [5.74, 6) is 0.315. The maximum atomic E-state index is 12.1. The first-order valence-corrected chi connectivity index (χ1v) is 8.73. The number of rotatable bonds is 5. The standard InChI is InChI=1S/C18H23ClO4/c1-22-15-11-12(19)10-14(16(15)23-13-6-2-3-7-13)18(17(20)21)8-4-5-9-18/h10-11,13H,2-9H2,1H3,(H,20,21). The van der Waals surface area contributed by atoms with Crippen molar-refractivity contribution in [1.82, 2.24) is 0 Å². The summed E-state index contributed by atoms with van der Waals surface area (Å²) in [6, 6.07) is 3.47. The monoisotopic (exact) mass is 338 g/mol. The van der Waals surface area contributed by atoms with Crippen molar-refractivity contribution in [3.63, 3.8) is 0 Å². The Morgan fingerprint density at radius 3 is 2.43 bits per heavy atom. The van der Waals surface area contributed by atoms with Crippen LogP contribution in [-0.4, -0.2) is 24.3 Å². The molecular weight excluding hydrogens is 316 g/mol. The molecule has 0 heterocycles. The average molecular weight is 339 g/mol. The van der Waals surface area contributed by atoms with Crippen molar-refractivity contribution in [1.29, 1.82) is 0 Å². The minimum Gasteiger partial charge on any atom is -0.493 e. The summed E-state index contributed by atoms with van der Waals surface area (Å²) in [5, 5.41) is 10.4. The van der Waals surface area contributed by atoms with Crippen molar-refractivity contribution in [2.75, 3.05) is 7.11 Å². The SMILES string of the molecule is COc1cc(Cl)cc(C2(C(=O)O)CCCC2)c1OC1CCCC1. The third kappa shape index (κ3) is 3.01. The van der Waals surface area contributed by atoms with Crippen LogP contribution in [0.4, 0.5) is 0 Å². The molecule has 2 aliphatic rings. The lowest BCUT2D eigenvalue weighted by Gasteiger charge is -2.29. The highest BCUT2D eigenvalue weighted by atomic mass is 35.5. The summed E-state index contributed by atoms with van der Waals surface area (Å²) in [6.07, 6.45) is 7.50. The minimum absolute atomic E-state index is 0.135. The predicted molar refractivity (Wildman–Crippen MR) is 88.7 cm³/mol. The van der Waals surface area contributed by atoms with Crippen LogP contribution in [0.25, 0.3) is 0 Å². The third-order valence-corrected chi connectivity index (χ3v) is 5.43. The predicted octanol–water partition coefficient (Wildman–Crippen LogP) is 4.57. The molecule has 0 amide bonds. The number of ether oxygens (including phenoxy) is 2. The van der Waals surface area contributed by atoms with Gasteiger partial charge in [-0.05, 0) is 44.6 Å². The van der Waals surface area contributed by atoms with E-state index < -0.39 is 11.4 Å². The fraction of sp³-hybridized carbons (Fsp3) is 0.611. The fourth-order valence-electron chi connectivity index (χ4n) is 3.95. The lowest BCUT2D eigenvalue weighted by molar-refractivity contribution is -0.143. The summed E-state index contributed by atoms with van der Waals surface area (Å²) >= 11 is 6.23. The molecule has 2 aliphatic carbocycles. The summed E-state index contributed by atoms with van der Waals surface area (Å²) in [7, 11) is 1.57. The topological polar surface area (TPSA) is 55.8 Å². The van der Waals surface area contributed by atoms with E-state index >= 15 is 0 Å². The average Bonchev–Trinajstić information content (AvgIpc) is 3.20. The summed E-state index contributed by atoms with van der Waals surface area (Å²) < 4.78 is 11.7. The molecule has 0 unspecified atom stereocenters. The van der Waals surface area contributed by atoms with Crippen LogP contribution < -0.4 is 9.47 Å². The van der Waals surface area contributed by atoms with Gasteiger partial charge in [-0.25, -0.2) is 0 Å². The third-order valence-electron chi connectivity index (χ3n) is 5.21. The number of carboxylic acids is 1. The normalized spacial score (nSPS) is 20.6. The van der Waals surface area contributed by atoms with Gasteiger partial charge in [0.25, 0.3) is 0 Å². The molecule has 0 radical (unpaired) electrons. The highest BCUT2D eigenvalue weighted by Gasteiger charge is 2.46. The smallest absolute Gasteiger partial charge is 0.314 e. The Bertz CT molecular complexity index is 587. The first-order chi connectivity index (χ1) is 11.1. The van der Waals surface area contributed by atoms with Crippen LogP contribution in [-0.2, 0) is 10.2 Å². The highest BCUT2D eigenvalue weighted by Crippen LogP contribution is 2.49. The molecule has 2 saturated carbocycles. The van der Waals surface area contributed by atoms with Crippen LogP contribution in [0.15, 0.2) is 12.1 Å². The van der Waals surface area contributed by atoms with Gasteiger partial charge in [0.05, 0.1) is 18.6 Å². The van der Waals surface area contributed by atoms with E-state index in [1.807, 2.05) is 0 Å². The minimum atomic E-state index is -0.911. The maximum absolute atomic E-state index is 12.1. The van der Waals surface area contributed by atoms with Crippen LogP contribution in [0.2, 0.25) is 5.02 Å². The van der Waals surface area contributed by atoms with E-state index in [2.05, 4.69) is 0 Å². The molecule has 4 nitrogen and oxygen atoms in total. The van der Waals surface area contributed by atoms with E-state index in [-0.39, 0.29) is 6.10 Å². The number of hydrogen-bond donors (Lipinski definition) is 1. The van der Waals surface area contributed by atoms with Gasteiger partial charge in [0, 0.05) is 16.7 Å². The Kier molecular flexibility index (Phi) is 4.72. The van der Waals surface area contributed by atoms with E-state index in [0.29, 0.717) is 34.9 Å². The van der Waals surface area contributed by atoms with Gasteiger partial charge in [-0.1, -0.05) is 24.4 Å². The molecule has 0 atom stereocenters. The van der Waals surface area contributed by atoms with Crippen molar-refractivity contribution in [3.8, 4) is 11.5 Å². The second-order valence-corrected chi connectivity index (χ2v) is 7.04. The Morgan fingerprint density at radius 2 is 1.87 bits per heavy atom. The second-order valence-electron chi connectivity index (χ2n) is 6.60. The summed E-state index contributed by atoms with van der Waals surface area (Å²) in [5.41, 5.74) is -0.231. The summed E-state index contributed by atoms with van der Waals surface area (Å²) in [4.78, 5) is 12.1. The molecule has 0 saturated heterocycles. The van der Waals surface area contributed by atoms with E-state index in [0.717, 1.165) is 38.5 Å². The van der Waals surface area contributed by atoms with Gasteiger partial charge in [0.1, 0.15) is 0 Å². The van der Waals surface area contributed by atoms with Gasteiger partial charge in [-0.3, -0.25) is 4.79 Å². The fourth-order valence-corrected chi connectivity index (χ4v) is 4.16. The van der Waals surface area contributed by atoms with Gasteiger partial charge >= 0.3 is 5.97 Å². The van der Waals surface area contributed by atoms with Gasteiger partial charge in [0.2, 0.25) is 0 Å². The Balaban J connectivity index is 2.09. The van der Waals surface area contributed by atoms with Gasteiger partial charge in [-0.2, -0.15) is 0 Å². The highest BCUT2D eigenvalue weighted by molar-refractivity contribution is 6.31. The van der Waals surface area contributed by atoms with Crippen molar-refractivity contribution in [2.24, 2.45) is 0 Å². The number of benzene rings is 1. The van der Waals surface area contributed by atoms with Crippen molar-refractivity contribution in [3.05, 3.63) is 22.7 Å². The van der Waals surface area contributed by atoms with Crippen LogP contribution >= 0.6 is 11.6 Å². The van der Waals surface area contributed by atoms with E-state index in [1.54, 1.807) is 19.2 Å². The molecule has 0 aliphatic heterocycles. The van der Waals surface area contributed by atoms with Gasteiger partial charge in [0.15, 0.2) is 11.5 Å². The Labute approximate surface area is 141 Å². The van der Waals surface area contributed by atoms with E-state index in [9.17, 15) is 9.90 Å². The number of carbonyl (C=O) groups is 1. The van der Waals surface area contributed by atoms with Gasteiger partial charge < -0.3 is 14.6 Å². The molecule has 3 rings (SSSR count). The number of carboxylic acid groups (broad SMARTS) is 1. The number of aliphatic carboxylic acids is 1. The lowest BCUT2D eigenvalue weighted by atomic mass is 9.78. The summed E-state index contributed by atoms with van der Waals surface area (Å²) in [6.45, 7) is 0. The first-order valence-electron chi connectivity index (χ1n) is 8.35. The largest absolute Gasteiger partial charge is 0.493 e. The zero-order valence-electron chi connectivity index (χ0n) is 13.4. The second kappa shape index (κ2) is 6.60. The Morgan fingerprint density at radius 1 is 1.22 bits per heavy atom. The molecule has 2 fully saturated rings. The first kappa shape index (κ1) is 16.4. The molecule has 126 valence electrons. The van der Waals surface area contributed by atoms with Crippen LogP contribution in [0.1, 0.15) is 56.9 Å². The molecule has 23 heavy (non-hydrogen) atoms. The molecule has 0 spiro atoms. The Hall–Kier alpha value is -1.42. The van der Waals surface area contributed by atoms with E-state index in [1.165, 1.54) is 0 Å². The molecule has 0 bridgehead atoms. The zero-order valence-corrected chi connectivity index (χ0v) is 14.2. The molecule has 1 aromatic carbocycles. The molecular formula is C18H23ClO4. The van der Waals surface area contributed by atoms with Crippen LogP contribution in [0.5, 0.6) is 11.5 Å².